The minimum Gasteiger partial charge on any atom is -0.508 e. The summed E-state index contributed by atoms with van der Waals surface area (Å²) in [5, 5.41) is 13.9. The largest absolute Gasteiger partial charge is 0.508 e. The Kier molecular flexibility index (Phi) is 6.62. The van der Waals surface area contributed by atoms with Gasteiger partial charge in [-0.05, 0) is 52.0 Å². The van der Waals surface area contributed by atoms with Crippen LogP contribution in [0.3, 0.4) is 0 Å². The summed E-state index contributed by atoms with van der Waals surface area (Å²) >= 11 is 12.5. The number of rotatable bonds is 6. The Labute approximate surface area is 163 Å². The highest BCUT2D eigenvalue weighted by Crippen LogP contribution is 2.39. The quantitative estimate of drug-likeness (QED) is 0.475. The number of phenolic OH excluding ortho intramolecular Hbond substituents is 1. The molecule has 0 aliphatic heterocycles. The lowest BCUT2D eigenvalue weighted by molar-refractivity contribution is 0.0000985. The topological polar surface area (TPSA) is 60.3 Å². The SMILES string of the molecule is CC(COc1cc(Cl)c(Oc2ccc(O)cc2)c(Cl)c1)=NOC(C)(C)C. The molecule has 0 bridgehead atoms. The predicted octanol–water partition coefficient (Wildman–Crippen LogP) is 6.06. The normalized spacial score (nSPS) is 12.0. The van der Waals surface area contributed by atoms with Crippen LogP contribution in [0.5, 0.6) is 23.0 Å². The molecule has 2 aromatic carbocycles. The second-order valence-corrected chi connectivity index (χ2v) is 7.45. The fourth-order valence-electron chi connectivity index (χ4n) is 1.78. The Hall–Kier alpha value is -2.11. The lowest BCUT2D eigenvalue weighted by Gasteiger charge is -2.16. The lowest BCUT2D eigenvalue weighted by atomic mass is 10.2. The maximum Gasteiger partial charge on any atom is 0.164 e. The van der Waals surface area contributed by atoms with E-state index in [2.05, 4.69) is 5.16 Å². The van der Waals surface area contributed by atoms with Crippen molar-refractivity contribution < 1.29 is 19.4 Å². The average Bonchev–Trinajstić information content (AvgIpc) is 2.55. The zero-order valence-corrected chi connectivity index (χ0v) is 16.6. The summed E-state index contributed by atoms with van der Waals surface area (Å²) in [5.74, 6) is 1.45. The third-order valence-corrected chi connectivity index (χ3v) is 3.51. The van der Waals surface area contributed by atoms with Gasteiger partial charge in [-0.25, -0.2) is 0 Å². The van der Waals surface area contributed by atoms with Gasteiger partial charge in [0, 0.05) is 12.1 Å². The van der Waals surface area contributed by atoms with Crippen LogP contribution >= 0.6 is 23.2 Å². The number of aromatic hydroxyl groups is 1. The lowest BCUT2D eigenvalue weighted by Crippen LogP contribution is -2.18. The average molecular weight is 398 g/mol. The van der Waals surface area contributed by atoms with Crippen LogP contribution in [0.2, 0.25) is 10.0 Å². The van der Waals surface area contributed by atoms with Gasteiger partial charge in [-0.2, -0.15) is 0 Å². The Morgan fingerprint density at radius 3 is 2.15 bits per heavy atom. The minimum absolute atomic E-state index is 0.144. The van der Waals surface area contributed by atoms with Crippen molar-refractivity contribution in [2.45, 2.75) is 33.3 Å². The molecule has 7 heteroatoms. The van der Waals surface area contributed by atoms with Crippen LogP contribution in [0.25, 0.3) is 0 Å². The maximum absolute atomic E-state index is 9.31. The third kappa shape index (κ3) is 6.32. The second kappa shape index (κ2) is 8.52. The van der Waals surface area contributed by atoms with Crippen molar-refractivity contribution in [1.29, 1.82) is 0 Å². The van der Waals surface area contributed by atoms with Crippen LogP contribution in [0, 0.1) is 0 Å². The van der Waals surface area contributed by atoms with Crippen LogP contribution < -0.4 is 9.47 Å². The van der Waals surface area contributed by atoms with Crippen LogP contribution in [0.15, 0.2) is 41.6 Å². The molecular weight excluding hydrogens is 377 g/mol. The molecule has 0 heterocycles. The van der Waals surface area contributed by atoms with E-state index < -0.39 is 0 Å². The molecule has 0 atom stereocenters. The van der Waals surface area contributed by atoms with Crippen LogP contribution in [0.1, 0.15) is 27.7 Å². The summed E-state index contributed by atoms with van der Waals surface area (Å²) < 4.78 is 11.3. The Morgan fingerprint density at radius 2 is 1.62 bits per heavy atom. The van der Waals surface area contributed by atoms with Crippen molar-refractivity contribution in [1.82, 2.24) is 0 Å². The van der Waals surface area contributed by atoms with E-state index in [0.29, 0.717) is 33.0 Å². The van der Waals surface area contributed by atoms with E-state index in [9.17, 15) is 5.11 Å². The number of ether oxygens (including phenoxy) is 2. The van der Waals surface area contributed by atoms with Gasteiger partial charge in [0.05, 0.1) is 15.8 Å². The predicted molar refractivity (Wildman–Crippen MR) is 104 cm³/mol. The van der Waals surface area contributed by atoms with Gasteiger partial charge < -0.3 is 19.4 Å². The number of oxime groups is 1. The van der Waals surface area contributed by atoms with Crippen molar-refractivity contribution in [2.24, 2.45) is 5.16 Å². The molecule has 0 aliphatic carbocycles. The van der Waals surface area contributed by atoms with Gasteiger partial charge in [0.15, 0.2) is 5.75 Å². The number of hydrogen-bond donors (Lipinski definition) is 1. The molecule has 1 N–H and O–H groups in total. The Bertz CT molecular complexity index is 760. The first-order valence-electron chi connectivity index (χ1n) is 7.94. The second-order valence-electron chi connectivity index (χ2n) is 6.63. The van der Waals surface area contributed by atoms with E-state index in [4.69, 9.17) is 37.5 Å². The summed E-state index contributed by atoms with van der Waals surface area (Å²) in [6, 6.07) is 9.47. The van der Waals surface area contributed by atoms with Gasteiger partial charge in [-0.3, -0.25) is 0 Å². The molecule has 2 aromatic rings. The molecule has 2 rings (SSSR count). The summed E-state index contributed by atoms with van der Waals surface area (Å²) in [6.07, 6.45) is 0. The molecule has 0 aromatic heterocycles. The highest BCUT2D eigenvalue weighted by Gasteiger charge is 2.13. The molecule has 0 aliphatic rings. The van der Waals surface area contributed by atoms with E-state index in [0.717, 1.165) is 0 Å². The third-order valence-electron chi connectivity index (χ3n) is 2.95. The van der Waals surface area contributed by atoms with Crippen molar-refractivity contribution in [2.75, 3.05) is 6.61 Å². The molecule has 0 saturated carbocycles. The molecule has 5 nitrogen and oxygen atoms in total. The summed E-state index contributed by atoms with van der Waals surface area (Å²) in [7, 11) is 0. The number of phenols is 1. The van der Waals surface area contributed by atoms with E-state index in [-0.39, 0.29) is 18.0 Å². The smallest absolute Gasteiger partial charge is 0.164 e. The first-order chi connectivity index (χ1) is 12.1. The highest BCUT2D eigenvalue weighted by molar-refractivity contribution is 6.37. The number of halogens is 2. The number of nitrogens with zero attached hydrogens (tertiary/aromatic N) is 1. The molecule has 0 saturated heterocycles. The highest BCUT2D eigenvalue weighted by atomic mass is 35.5. The zero-order chi connectivity index (χ0) is 19.3. The molecule has 0 amide bonds. The first kappa shape index (κ1) is 20.2. The van der Waals surface area contributed by atoms with E-state index >= 15 is 0 Å². The summed E-state index contributed by atoms with van der Waals surface area (Å²) in [5.41, 5.74) is 0.317. The fraction of sp³-hybridized carbons (Fsp3) is 0.316. The molecule has 0 spiro atoms. The number of hydrogen-bond acceptors (Lipinski definition) is 5. The zero-order valence-electron chi connectivity index (χ0n) is 15.0. The Balaban J connectivity index is 2.05. The van der Waals surface area contributed by atoms with Crippen LogP contribution in [-0.2, 0) is 4.84 Å². The van der Waals surface area contributed by atoms with Crippen molar-refractivity contribution in [3.05, 3.63) is 46.4 Å². The summed E-state index contributed by atoms with van der Waals surface area (Å²) in [6.45, 7) is 7.78. The van der Waals surface area contributed by atoms with Gasteiger partial charge >= 0.3 is 0 Å². The molecule has 26 heavy (non-hydrogen) atoms. The molecule has 140 valence electrons. The molecule has 0 radical (unpaired) electrons. The number of benzene rings is 2. The van der Waals surface area contributed by atoms with Crippen molar-refractivity contribution in [3.8, 4) is 23.0 Å². The maximum atomic E-state index is 9.31. The van der Waals surface area contributed by atoms with Crippen molar-refractivity contribution >= 4 is 28.9 Å². The van der Waals surface area contributed by atoms with Gasteiger partial charge in [-0.15, -0.1) is 0 Å². The van der Waals surface area contributed by atoms with E-state index in [1.807, 2.05) is 20.8 Å². The van der Waals surface area contributed by atoms with Crippen LogP contribution in [0.4, 0.5) is 0 Å². The standard InChI is InChI=1S/C19H21Cl2NO4/c1-12(22-26-19(2,3)4)11-24-15-9-16(20)18(17(21)10-15)25-14-7-5-13(23)6-8-14/h5-10,23H,11H2,1-4H3. The Morgan fingerprint density at radius 1 is 1.04 bits per heavy atom. The monoisotopic (exact) mass is 397 g/mol. The molecule has 0 unspecified atom stereocenters. The van der Waals surface area contributed by atoms with Crippen LogP contribution in [-0.4, -0.2) is 23.0 Å². The van der Waals surface area contributed by atoms with Gasteiger partial charge in [0.1, 0.15) is 29.5 Å². The minimum atomic E-state index is -0.360. The van der Waals surface area contributed by atoms with E-state index in [1.165, 1.54) is 12.1 Å². The molecule has 0 fully saturated rings. The first-order valence-corrected chi connectivity index (χ1v) is 8.70. The van der Waals surface area contributed by atoms with E-state index in [1.54, 1.807) is 31.2 Å². The summed E-state index contributed by atoms with van der Waals surface area (Å²) in [4.78, 5) is 5.34. The van der Waals surface area contributed by atoms with Gasteiger partial charge in [0.2, 0.25) is 0 Å². The van der Waals surface area contributed by atoms with Gasteiger partial charge in [0.25, 0.3) is 0 Å². The molecular formula is C19H21Cl2NO4. The fourth-order valence-corrected chi connectivity index (χ4v) is 2.32. The van der Waals surface area contributed by atoms with Gasteiger partial charge in [-0.1, -0.05) is 28.4 Å². The van der Waals surface area contributed by atoms with Crippen molar-refractivity contribution in [3.63, 3.8) is 0 Å².